The second-order valence-electron chi connectivity index (χ2n) is 3.19. The van der Waals surface area contributed by atoms with Gasteiger partial charge in [0.2, 0.25) is 0 Å². The van der Waals surface area contributed by atoms with Crippen molar-refractivity contribution in [2.24, 2.45) is 0 Å². The SMILES string of the molecule is CCNCc1cn(CC(C)O)cn1. The molecule has 1 aromatic heterocycles. The lowest BCUT2D eigenvalue weighted by Crippen LogP contribution is -2.12. The lowest BCUT2D eigenvalue weighted by molar-refractivity contribution is 0.173. The number of rotatable bonds is 5. The molecule has 1 unspecified atom stereocenters. The molecule has 1 atom stereocenters. The number of aliphatic hydroxyl groups is 1. The fourth-order valence-corrected chi connectivity index (χ4v) is 1.16. The molecule has 74 valence electrons. The summed E-state index contributed by atoms with van der Waals surface area (Å²) >= 11 is 0. The molecule has 0 aliphatic rings. The molecule has 0 aliphatic heterocycles. The van der Waals surface area contributed by atoms with Gasteiger partial charge in [-0.15, -0.1) is 0 Å². The van der Waals surface area contributed by atoms with Gasteiger partial charge in [0, 0.05) is 19.3 Å². The molecule has 1 heterocycles. The van der Waals surface area contributed by atoms with Gasteiger partial charge in [0.05, 0.1) is 18.1 Å². The van der Waals surface area contributed by atoms with Crippen molar-refractivity contribution in [2.75, 3.05) is 6.54 Å². The molecular formula is C9H17N3O. The van der Waals surface area contributed by atoms with E-state index in [0.717, 1.165) is 18.8 Å². The first-order chi connectivity index (χ1) is 6.22. The Kier molecular flexibility index (Phi) is 3.92. The average molecular weight is 183 g/mol. The Morgan fingerprint density at radius 3 is 3.08 bits per heavy atom. The van der Waals surface area contributed by atoms with Gasteiger partial charge < -0.3 is 15.0 Å². The van der Waals surface area contributed by atoms with Crippen LogP contribution >= 0.6 is 0 Å². The predicted molar refractivity (Wildman–Crippen MR) is 51.3 cm³/mol. The highest BCUT2D eigenvalue weighted by Crippen LogP contribution is 1.97. The number of nitrogens with zero attached hydrogens (tertiary/aromatic N) is 2. The molecule has 2 N–H and O–H groups in total. The summed E-state index contributed by atoms with van der Waals surface area (Å²) in [5.41, 5.74) is 1.02. The third kappa shape index (κ3) is 3.57. The smallest absolute Gasteiger partial charge is 0.0950 e. The van der Waals surface area contributed by atoms with Crippen molar-refractivity contribution in [3.8, 4) is 0 Å². The van der Waals surface area contributed by atoms with Gasteiger partial charge in [0.25, 0.3) is 0 Å². The summed E-state index contributed by atoms with van der Waals surface area (Å²) in [6, 6.07) is 0. The van der Waals surface area contributed by atoms with Crippen LogP contribution in [0.1, 0.15) is 19.5 Å². The molecule has 13 heavy (non-hydrogen) atoms. The van der Waals surface area contributed by atoms with Crippen LogP contribution in [-0.2, 0) is 13.1 Å². The second-order valence-corrected chi connectivity index (χ2v) is 3.19. The Morgan fingerprint density at radius 1 is 1.69 bits per heavy atom. The average Bonchev–Trinajstić information content (AvgIpc) is 2.48. The van der Waals surface area contributed by atoms with Gasteiger partial charge >= 0.3 is 0 Å². The van der Waals surface area contributed by atoms with E-state index in [9.17, 15) is 0 Å². The zero-order valence-corrected chi connectivity index (χ0v) is 8.20. The number of aliphatic hydroxyl groups excluding tert-OH is 1. The lowest BCUT2D eigenvalue weighted by atomic mass is 10.4. The van der Waals surface area contributed by atoms with Gasteiger partial charge in [-0.2, -0.15) is 0 Å². The van der Waals surface area contributed by atoms with E-state index in [2.05, 4.69) is 17.2 Å². The third-order valence-corrected chi connectivity index (χ3v) is 1.72. The summed E-state index contributed by atoms with van der Waals surface area (Å²) in [7, 11) is 0. The van der Waals surface area contributed by atoms with E-state index in [1.807, 2.05) is 10.8 Å². The minimum Gasteiger partial charge on any atom is -0.392 e. The second kappa shape index (κ2) is 4.99. The molecule has 0 radical (unpaired) electrons. The number of nitrogens with one attached hydrogen (secondary N) is 1. The summed E-state index contributed by atoms with van der Waals surface area (Å²) in [6.07, 6.45) is 3.38. The molecule has 4 nitrogen and oxygen atoms in total. The van der Waals surface area contributed by atoms with Crippen molar-refractivity contribution in [1.82, 2.24) is 14.9 Å². The number of hydrogen-bond acceptors (Lipinski definition) is 3. The lowest BCUT2D eigenvalue weighted by Gasteiger charge is -2.03. The van der Waals surface area contributed by atoms with E-state index >= 15 is 0 Å². The van der Waals surface area contributed by atoms with Crippen molar-refractivity contribution in [2.45, 2.75) is 33.0 Å². The maximum Gasteiger partial charge on any atom is 0.0950 e. The van der Waals surface area contributed by atoms with E-state index in [4.69, 9.17) is 5.11 Å². The predicted octanol–water partition coefficient (Wildman–Crippen LogP) is 0.373. The monoisotopic (exact) mass is 183 g/mol. The summed E-state index contributed by atoms with van der Waals surface area (Å²) in [6.45, 7) is 6.18. The minimum absolute atomic E-state index is 0.318. The molecule has 1 aromatic rings. The Hall–Kier alpha value is -0.870. The van der Waals surface area contributed by atoms with Crippen LogP contribution in [0, 0.1) is 0 Å². The Balaban J connectivity index is 2.44. The summed E-state index contributed by atoms with van der Waals surface area (Å²) in [5.74, 6) is 0. The molecule has 0 amide bonds. The van der Waals surface area contributed by atoms with Crippen LogP contribution in [0.2, 0.25) is 0 Å². The quantitative estimate of drug-likeness (QED) is 0.693. The Labute approximate surface area is 78.6 Å². The highest BCUT2D eigenvalue weighted by atomic mass is 16.3. The Morgan fingerprint density at radius 2 is 2.46 bits per heavy atom. The zero-order chi connectivity index (χ0) is 9.68. The zero-order valence-electron chi connectivity index (χ0n) is 8.20. The van der Waals surface area contributed by atoms with Crippen LogP contribution in [0.4, 0.5) is 0 Å². The van der Waals surface area contributed by atoms with Gasteiger partial charge in [-0.3, -0.25) is 0 Å². The van der Waals surface area contributed by atoms with Gasteiger partial charge in [-0.25, -0.2) is 4.98 Å². The van der Waals surface area contributed by atoms with Crippen LogP contribution in [0.5, 0.6) is 0 Å². The van der Waals surface area contributed by atoms with E-state index in [0.29, 0.717) is 6.54 Å². The number of hydrogen-bond donors (Lipinski definition) is 2. The normalized spacial score (nSPS) is 13.2. The fourth-order valence-electron chi connectivity index (χ4n) is 1.16. The molecule has 0 fully saturated rings. The van der Waals surface area contributed by atoms with Gasteiger partial charge in [-0.1, -0.05) is 6.92 Å². The molecule has 1 rings (SSSR count). The van der Waals surface area contributed by atoms with E-state index in [1.54, 1.807) is 13.3 Å². The van der Waals surface area contributed by atoms with E-state index in [-0.39, 0.29) is 6.10 Å². The van der Waals surface area contributed by atoms with Crippen LogP contribution in [0.25, 0.3) is 0 Å². The number of imidazole rings is 1. The van der Waals surface area contributed by atoms with Crippen molar-refractivity contribution < 1.29 is 5.11 Å². The first kappa shape index (κ1) is 10.2. The largest absolute Gasteiger partial charge is 0.392 e. The van der Waals surface area contributed by atoms with Crippen molar-refractivity contribution in [3.05, 3.63) is 18.2 Å². The summed E-state index contributed by atoms with van der Waals surface area (Å²) in [5, 5.41) is 12.3. The molecule has 0 bridgehead atoms. The third-order valence-electron chi connectivity index (χ3n) is 1.72. The van der Waals surface area contributed by atoms with Crippen molar-refractivity contribution in [1.29, 1.82) is 0 Å². The first-order valence-corrected chi connectivity index (χ1v) is 4.61. The van der Waals surface area contributed by atoms with Crippen molar-refractivity contribution in [3.63, 3.8) is 0 Å². The van der Waals surface area contributed by atoms with Crippen molar-refractivity contribution >= 4 is 0 Å². The summed E-state index contributed by atoms with van der Waals surface area (Å²) < 4.78 is 1.90. The molecule has 4 heteroatoms. The maximum atomic E-state index is 9.13. The van der Waals surface area contributed by atoms with Crippen LogP contribution < -0.4 is 5.32 Å². The minimum atomic E-state index is -0.318. The highest BCUT2D eigenvalue weighted by molar-refractivity contribution is 4.96. The van der Waals surface area contributed by atoms with E-state index < -0.39 is 0 Å². The molecule has 0 aromatic carbocycles. The molecule has 0 saturated heterocycles. The molecule has 0 aliphatic carbocycles. The molecular weight excluding hydrogens is 166 g/mol. The number of aromatic nitrogens is 2. The topological polar surface area (TPSA) is 50.1 Å². The fraction of sp³-hybridized carbons (Fsp3) is 0.667. The standard InChI is InChI=1S/C9H17N3O/c1-3-10-4-9-6-12(7-11-9)5-8(2)13/h6-8,10,13H,3-5H2,1-2H3. The molecule has 0 spiro atoms. The maximum absolute atomic E-state index is 9.13. The van der Waals surface area contributed by atoms with Gasteiger partial charge in [0.1, 0.15) is 0 Å². The van der Waals surface area contributed by atoms with Crippen LogP contribution in [0.3, 0.4) is 0 Å². The van der Waals surface area contributed by atoms with Crippen LogP contribution in [0.15, 0.2) is 12.5 Å². The molecule has 0 saturated carbocycles. The Bertz CT molecular complexity index is 245. The van der Waals surface area contributed by atoms with E-state index in [1.165, 1.54) is 0 Å². The first-order valence-electron chi connectivity index (χ1n) is 4.61. The summed E-state index contributed by atoms with van der Waals surface area (Å²) in [4.78, 5) is 4.20. The van der Waals surface area contributed by atoms with Crippen LogP contribution in [-0.4, -0.2) is 27.3 Å². The van der Waals surface area contributed by atoms with Gasteiger partial charge in [0.15, 0.2) is 0 Å². The van der Waals surface area contributed by atoms with Gasteiger partial charge in [-0.05, 0) is 13.5 Å². The highest BCUT2D eigenvalue weighted by Gasteiger charge is 2.00.